The Kier molecular flexibility index (Phi) is 11.6. The number of halogens is 3. The van der Waals surface area contributed by atoms with Gasteiger partial charge < -0.3 is 5.32 Å². The molecule has 0 bridgehead atoms. The topological polar surface area (TPSA) is 24.4 Å². The standard InChI is InChI=1S/C11H13F3N2.C3H8.C2H6/c1-7-4-5-8(11(12,13)14)6-9(7)10(15-2)16-3;1-3-2;1-2/h4-6H,1-3H3,(H,15,16);3H2,1-2H3;1-2H3. The average Bonchev–Trinajstić information content (AvgIpc) is 2.44. The molecule has 1 aromatic carbocycles. The molecule has 21 heavy (non-hydrogen) atoms. The highest BCUT2D eigenvalue weighted by atomic mass is 19.4. The van der Waals surface area contributed by atoms with E-state index in [0.29, 0.717) is 11.4 Å². The van der Waals surface area contributed by atoms with Gasteiger partial charge in [-0.2, -0.15) is 13.2 Å². The first kappa shape index (κ1) is 21.8. The molecule has 0 radical (unpaired) electrons. The molecule has 1 rings (SSSR count). The number of hydrogen-bond donors (Lipinski definition) is 1. The summed E-state index contributed by atoms with van der Waals surface area (Å²) < 4.78 is 37.5. The largest absolute Gasteiger partial charge is 0.416 e. The Morgan fingerprint density at radius 2 is 1.67 bits per heavy atom. The van der Waals surface area contributed by atoms with Gasteiger partial charge in [-0.15, -0.1) is 0 Å². The Labute approximate surface area is 126 Å². The zero-order valence-electron chi connectivity index (χ0n) is 14.0. The van der Waals surface area contributed by atoms with Crippen LogP contribution in [0.3, 0.4) is 0 Å². The van der Waals surface area contributed by atoms with E-state index < -0.39 is 11.7 Å². The van der Waals surface area contributed by atoms with Gasteiger partial charge in [-0.1, -0.05) is 40.2 Å². The van der Waals surface area contributed by atoms with Gasteiger partial charge in [-0.25, -0.2) is 0 Å². The Hall–Kier alpha value is -1.52. The molecule has 0 aliphatic rings. The predicted molar refractivity (Wildman–Crippen MR) is 85.0 cm³/mol. The maximum absolute atomic E-state index is 12.5. The normalized spacial score (nSPS) is 10.9. The van der Waals surface area contributed by atoms with Crippen LogP contribution >= 0.6 is 0 Å². The predicted octanol–water partition coefficient (Wildman–Crippen LogP) is 5.05. The molecule has 0 aliphatic heterocycles. The maximum atomic E-state index is 12.5. The van der Waals surface area contributed by atoms with E-state index in [1.54, 1.807) is 14.0 Å². The van der Waals surface area contributed by atoms with Crippen LogP contribution in [0.4, 0.5) is 13.2 Å². The van der Waals surface area contributed by atoms with Crippen LogP contribution in [-0.4, -0.2) is 19.9 Å². The molecule has 1 aromatic rings. The maximum Gasteiger partial charge on any atom is 0.416 e. The monoisotopic (exact) mass is 304 g/mol. The van der Waals surface area contributed by atoms with Gasteiger partial charge in [0.25, 0.3) is 0 Å². The van der Waals surface area contributed by atoms with E-state index in [0.717, 1.165) is 17.7 Å². The van der Waals surface area contributed by atoms with Gasteiger partial charge >= 0.3 is 6.18 Å². The van der Waals surface area contributed by atoms with Crippen LogP contribution in [-0.2, 0) is 6.18 Å². The van der Waals surface area contributed by atoms with Crippen molar-refractivity contribution in [2.24, 2.45) is 4.99 Å². The number of nitrogens with one attached hydrogen (secondary N) is 1. The van der Waals surface area contributed by atoms with Crippen LogP contribution < -0.4 is 5.32 Å². The third-order valence-electron chi connectivity index (χ3n) is 2.28. The lowest BCUT2D eigenvalue weighted by Gasteiger charge is -2.12. The van der Waals surface area contributed by atoms with Crippen molar-refractivity contribution in [3.05, 3.63) is 34.9 Å². The summed E-state index contributed by atoms with van der Waals surface area (Å²) in [4.78, 5) is 3.90. The number of nitrogens with zero attached hydrogens (tertiary/aromatic N) is 1. The summed E-state index contributed by atoms with van der Waals surface area (Å²) in [5, 5.41) is 2.77. The zero-order valence-corrected chi connectivity index (χ0v) is 14.0. The molecular formula is C16H27F3N2. The lowest BCUT2D eigenvalue weighted by Crippen LogP contribution is -2.21. The molecule has 1 N–H and O–H groups in total. The molecule has 5 heteroatoms. The smallest absolute Gasteiger partial charge is 0.373 e. The van der Waals surface area contributed by atoms with Gasteiger partial charge in [0.15, 0.2) is 0 Å². The number of benzene rings is 1. The van der Waals surface area contributed by atoms with Gasteiger partial charge in [0, 0.05) is 19.7 Å². The van der Waals surface area contributed by atoms with Crippen molar-refractivity contribution in [3.63, 3.8) is 0 Å². The molecular weight excluding hydrogens is 277 g/mol. The van der Waals surface area contributed by atoms with Crippen molar-refractivity contribution in [2.75, 3.05) is 14.1 Å². The first-order chi connectivity index (χ1) is 9.81. The lowest BCUT2D eigenvalue weighted by molar-refractivity contribution is -0.137. The summed E-state index contributed by atoms with van der Waals surface area (Å²) in [5.41, 5.74) is 0.562. The van der Waals surface area contributed by atoms with Crippen molar-refractivity contribution >= 4 is 5.84 Å². The van der Waals surface area contributed by atoms with E-state index in [-0.39, 0.29) is 0 Å². The molecule has 0 saturated carbocycles. The number of alkyl halides is 3. The molecule has 0 amide bonds. The second-order valence-corrected chi connectivity index (χ2v) is 4.06. The summed E-state index contributed by atoms with van der Waals surface area (Å²) in [6.07, 6.45) is -3.07. The van der Waals surface area contributed by atoms with Gasteiger partial charge in [-0.3, -0.25) is 4.99 Å². The van der Waals surface area contributed by atoms with Crippen molar-refractivity contribution < 1.29 is 13.2 Å². The third kappa shape index (κ3) is 7.73. The first-order valence-electron chi connectivity index (χ1n) is 7.14. The summed E-state index contributed by atoms with van der Waals surface area (Å²) >= 11 is 0. The van der Waals surface area contributed by atoms with Crippen LogP contribution in [0.5, 0.6) is 0 Å². The second kappa shape index (κ2) is 11.2. The van der Waals surface area contributed by atoms with Crippen molar-refractivity contribution in [3.8, 4) is 0 Å². The minimum Gasteiger partial charge on any atom is -0.373 e. The molecule has 2 nitrogen and oxygen atoms in total. The van der Waals surface area contributed by atoms with Crippen molar-refractivity contribution in [2.45, 2.75) is 47.2 Å². The summed E-state index contributed by atoms with van der Waals surface area (Å²) in [5.74, 6) is 0.448. The summed E-state index contributed by atoms with van der Waals surface area (Å²) in [6, 6.07) is 3.62. The lowest BCUT2D eigenvalue weighted by atomic mass is 10.0. The molecule has 122 valence electrons. The van der Waals surface area contributed by atoms with Gasteiger partial charge in [0.1, 0.15) is 5.84 Å². The summed E-state index contributed by atoms with van der Waals surface area (Å²) in [7, 11) is 3.16. The van der Waals surface area contributed by atoms with Gasteiger partial charge in [-0.05, 0) is 24.6 Å². The molecule has 0 spiro atoms. The fourth-order valence-electron chi connectivity index (χ4n) is 1.42. The van der Waals surface area contributed by atoms with Crippen LogP contribution in [0.25, 0.3) is 0 Å². The quantitative estimate of drug-likeness (QED) is 0.569. The fourth-order valence-corrected chi connectivity index (χ4v) is 1.42. The van der Waals surface area contributed by atoms with Crippen molar-refractivity contribution in [1.29, 1.82) is 0 Å². The van der Waals surface area contributed by atoms with Crippen LogP contribution in [0.1, 0.15) is 50.8 Å². The number of aryl methyl sites for hydroxylation is 1. The SMILES string of the molecule is CC.CCC.CN=C(NC)c1cc(C(F)(F)F)ccc1C. The third-order valence-corrected chi connectivity index (χ3v) is 2.28. The minimum atomic E-state index is -4.32. The molecule has 0 unspecified atom stereocenters. The number of amidine groups is 1. The Balaban J connectivity index is 0. The number of rotatable bonds is 1. The van der Waals surface area contributed by atoms with Crippen LogP contribution in [0.2, 0.25) is 0 Å². The highest BCUT2D eigenvalue weighted by molar-refractivity contribution is 5.99. The van der Waals surface area contributed by atoms with E-state index in [1.807, 2.05) is 13.8 Å². The average molecular weight is 304 g/mol. The minimum absolute atomic E-state index is 0.448. The van der Waals surface area contributed by atoms with Crippen molar-refractivity contribution in [1.82, 2.24) is 5.32 Å². The van der Waals surface area contributed by atoms with Crippen LogP contribution in [0, 0.1) is 6.92 Å². The van der Waals surface area contributed by atoms with E-state index in [4.69, 9.17) is 0 Å². The molecule has 0 heterocycles. The molecule has 0 aromatic heterocycles. The van der Waals surface area contributed by atoms with E-state index in [9.17, 15) is 13.2 Å². The number of hydrogen-bond acceptors (Lipinski definition) is 1. The molecule has 0 saturated heterocycles. The Morgan fingerprint density at radius 1 is 1.19 bits per heavy atom. The summed E-state index contributed by atoms with van der Waals surface area (Å²) in [6.45, 7) is 10.00. The van der Waals surface area contributed by atoms with Gasteiger partial charge in [0.2, 0.25) is 0 Å². The van der Waals surface area contributed by atoms with Gasteiger partial charge in [0.05, 0.1) is 5.56 Å². The molecule has 0 atom stereocenters. The second-order valence-electron chi connectivity index (χ2n) is 4.06. The number of aliphatic imine (C=N–C) groups is 1. The fraction of sp³-hybridized carbons (Fsp3) is 0.562. The van der Waals surface area contributed by atoms with E-state index in [1.165, 1.54) is 19.5 Å². The van der Waals surface area contributed by atoms with E-state index >= 15 is 0 Å². The highest BCUT2D eigenvalue weighted by Crippen LogP contribution is 2.30. The molecule has 0 aliphatic carbocycles. The first-order valence-corrected chi connectivity index (χ1v) is 7.14. The Morgan fingerprint density at radius 3 is 2.00 bits per heavy atom. The molecule has 0 fully saturated rings. The van der Waals surface area contributed by atoms with E-state index in [2.05, 4.69) is 24.2 Å². The Bertz CT molecular complexity index is 424. The highest BCUT2D eigenvalue weighted by Gasteiger charge is 2.31. The van der Waals surface area contributed by atoms with Crippen LogP contribution in [0.15, 0.2) is 23.2 Å². The zero-order chi connectivity index (χ0) is 17.1.